The Morgan fingerprint density at radius 2 is 2.41 bits per heavy atom. The lowest BCUT2D eigenvalue weighted by Gasteiger charge is -2.17. The molecule has 1 aliphatic rings. The number of rotatable bonds is 4. The second kappa shape index (κ2) is 5.29. The Bertz CT molecular complexity index is 386. The zero-order valence-corrected chi connectivity index (χ0v) is 10.1. The van der Waals surface area contributed by atoms with Crippen molar-refractivity contribution in [2.24, 2.45) is 0 Å². The zero-order valence-electron chi connectivity index (χ0n) is 10.1. The fourth-order valence-electron chi connectivity index (χ4n) is 1.90. The van der Waals surface area contributed by atoms with E-state index >= 15 is 0 Å². The SMILES string of the molecule is COCc1nc(N)cc(NC2CCOC2C)n1. The van der Waals surface area contributed by atoms with E-state index in [-0.39, 0.29) is 12.1 Å². The molecule has 0 aliphatic carbocycles. The summed E-state index contributed by atoms with van der Waals surface area (Å²) >= 11 is 0. The third-order valence-corrected chi connectivity index (χ3v) is 2.78. The highest BCUT2D eigenvalue weighted by atomic mass is 16.5. The minimum absolute atomic E-state index is 0.192. The van der Waals surface area contributed by atoms with E-state index in [1.165, 1.54) is 0 Å². The van der Waals surface area contributed by atoms with Crippen LogP contribution in [-0.4, -0.2) is 35.8 Å². The van der Waals surface area contributed by atoms with Gasteiger partial charge in [0.05, 0.1) is 12.1 Å². The number of aromatic nitrogens is 2. The number of nitrogens with two attached hydrogens (primary N) is 1. The van der Waals surface area contributed by atoms with E-state index in [1.54, 1.807) is 13.2 Å². The molecule has 0 aromatic carbocycles. The van der Waals surface area contributed by atoms with Crippen LogP contribution < -0.4 is 11.1 Å². The number of nitrogens with one attached hydrogen (secondary N) is 1. The summed E-state index contributed by atoms with van der Waals surface area (Å²) in [6.45, 7) is 3.19. The average molecular weight is 238 g/mol. The highest BCUT2D eigenvalue weighted by Crippen LogP contribution is 2.18. The van der Waals surface area contributed by atoms with Crippen molar-refractivity contribution in [2.75, 3.05) is 24.8 Å². The third-order valence-electron chi connectivity index (χ3n) is 2.78. The Kier molecular flexibility index (Phi) is 3.75. The Hall–Kier alpha value is -1.40. The van der Waals surface area contributed by atoms with Crippen LogP contribution in [0.4, 0.5) is 11.6 Å². The van der Waals surface area contributed by atoms with Gasteiger partial charge in [-0.2, -0.15) is 0 Å². The number of nitrogens with zero attached hydrogens (tertiary/aromatic N) is 2. The molecule has 17 heavy (non-hydrogen) atoms. The molecular weight excluding hydrogens is 220 g/mol. The zero-order chi connectivity index (χ0) is 12.3. The fourth-order valence-corrected chi connectivity index (χ4v) is 1.90. The molecule has 1 saturated heterocycles. The van der Waals surface area contributed by atoms with E-state index in [1.807, 2.05) is 6.92 Å². The molecule has 0 radical (unpaired) electrons. The Morgan fingerprint density at radius 3 is 3.06 bits per heavy atom. The first-order valence-corrected chi connectivity index (χ1v) is 5.69. The van der Waals surface area contributed by atoms with Gasteiger partial charge >= 0.3 is 0 Å². The maximum Gasteiger partial charge on any atom is 0.158 e. The second-order valence-corrected chi connectivity index (χ2v) is 4.14. The summed E-state index contributed by atoms with van der Waals surface area (Å²) in [4.78, 5) is 8.43. The van der Waals surface area contributed by atoms with E-state index in [9.17, 15) is 0 Å². The van der Waals surface area contributed by atoms with Gasteiger partial charge < -0.3 is 20.5 Å². The van der Waals surface area contributed by atoms with Gasteiger partial charge in [0.1, 0.15) is 18.2 Å². The van der Waals surface area contributed by atoms with Gasteiger partial charge in [0.15, 0.2) is 5.82 Å². The summed E-state index contributed by atoms with van der Waals surface area (Å²) in [7, 11) is 1.60. The average Bonchev–Trinajstić information content (AvgIpc) is 2.64. The van der Waals surface area contributed by atoms with Crippen molar-refractivity contribution in [3.05, 3.63) is 11.9 Å². The number of methoxy groups -OCH3 is 1. The smallest absolute Gasteiger partial charge is 0.158 e. The van der Waals surface area contributed by atoms with Crippen LogP contribution in [0.5, 0.6) is 0 Å². The first kappa shape index (κ1) is 12.1. The molecular formula is C11H18N4O2. The number of anilines is 2. The molecule has 0 spiro atoms. The molecule has 6 heteroatoms. The second-order valence-electron chi connectivity index (χ2n) is 4.14. The number of nitrogen functional groups attached to an aromatic ring is 1. The van der Waals surface area contributed by atoms with Gasteiger partial charge in [-0.25, -0.2) is 9.97 Å². The van der Waals surface area contributed by atoms with Crippen molar-refractivity contribution < 1.29 is 9.47 Å². The number of hydrogen-bond acceptors (Lipinski definition) is 6. The van der Waals surface area contributed by atoms with Crippen LogP contribution >= 0.6 is 0 Å². The molecule has 1 aliphatic heterocycles. The Labute approximate surface area is 101 Å². The first-order valence-electron chi connectivity index (χ1n) is 5.69. The van der Waals surface area contributed by atoms with Crippen LogP contribution in [0.3, 0.4) is 0 Å². The van der Waals surface area contributed by atoms with Crippen molar-refractivity contribution >= 4 is 11.6 Å². The summed E-state index contributed by atoms with van der Waals surface area (Å²) in [6, 6.07) is 2.00. The van der Waals surface area contributed by atoms with Crippen LogP contribution in [0, 0.1) is 0 Å². The molecule has 94 valence electrons. The molecule has 2 unspecified atom stereocenters. The van der Waals surface area contributed by atoms with Gasteiger partial charge in [-0.3, -0.25) is 0 Å². The van der Waals surface area contributed by atoms with Gasteiger partial charge in [0, 0.05) is 19.8 Å². The van der Waals surface area contributed by atoms with Crippen molar-refractivity contribution in [3.63, 3.8) is 0 Å². The Balaban J connectivity index is 2.09. The quantitative estimate of drug-likeness (QED) is 0.807. The summed E-state index contributed by atoms with van der Waals surface area (Å²) < 4.78 is 10.5. The van der Waals surface area contributed by atoms with Crippen molar-refractivity contribution in [1.82, 2.24) is 9.97 Å². The minimum atomic E-state index is 0.192. The lowest BCUT2D eigenvalue weighted by atomic mass is 10.1. The van der Waals surface area contributed by atoms with E-state index in [4.69, 9.17) is 15.2 Å². The van der Waals surface area contributed by atoms with E-state index < -0.39 is 0 Å². The predicted octanol–water partition coefficient (Wildman–Crippen LogP) is 0.794. The molecule has 1 aromatic heterocycles. The van der Waals surface area contributed by atoms with Gasteiger partial charge in [0.25, 0.3) is 0 Å². The maximum atomic E-state index is 5.72. The van der Waals surface area contributed by atoms with Gasteiger partial charge in [0.2, 0.25) is 0 Å². The van der Waals surface area contributed by atoms with Crippen molar-refractivity contribution in [1.29, 1.82) is 0 Å². The predicted molar refractivity (Wildman–Crippen MR) is 64.6 cm³/mol. The van der Waals surface area contributed by atoms with Crippen LogP contribution in [-0.2, 0) is 16.1 Å². The normalized spacial score (nSPS) is 23.9. The summed E-state index contributed by atoms with van der Waals surface area (Å²) in [5.74, 6) is 1.76. The largest absolute Gasteiger partial charge is 0.384 e. The van der Waals surface area contributed by atoms with Crippen molar-refractivity contribution in [3.8, 4) is 0 Å². The van der Waals surface area contributed by atoms with Gasteiger partial charge in [-0.1, -0.05) is 0 Å². The van der Waals surface area contributed by atoms with E-state index in [0.717, 1.165) is 18.8 Å². The first-order chi connectivity index (χ1) is 8.19. The number of ether oxygens (including phenoxy) is 2. The molecule has 1 fully saturated rings. The van der Waals surface area contributed by atoms with Crippen LogP contribution in [0.25, 0.3) is 0 Å². The van der Waals surface area contributed by atoms with Crippen LogP contribution in [0.15, 0.2) is 6.07 Å². The molecule has 0 bridgehead atoms. The molecule has 6 nitrogen and oxygen atoms in total. The topological polar surface area (TPSA) is 82.3 Å². The lowest BCUT2D eigenvalue weighted by Crippen LogP contribution is -2.27. The van der Waals surface area contributed by atoms with E-state index in [0.29, 0.717) is 18.2 Å². The monoisotopic (exact) mass is 238 g/mol. The molecule has 1 aromatic rings. The standard InChI is InChI=1S/C11H18N4O2/c1-7-8(3-4-17-7)13-10-5-9(12)14-11(15-10)6-16-2/h5,7-8H,3-4,6H2,1-2H3,(H3,12,13,14,15). The van der Waals surface area contributed by atoms with Crippen LogP contribution in [0.2, 0.25) is 0 Å². The molecule has 2 heterocycles. The third kappa shape index (κ3) is 3.04. The van der Waals surface area contributed by atoms with Gasteiger partial charge in [-0.15, -0.1) is 0 Å². The van der Waals surface area contributed by atoms with E-state index in [2.05, 4.69) is 15.3 Å². The molecule has 2 rings (SSSR count). The summed E-state index contributed by atoms with van der Waals surface area (Å²) in [5.41, 5.74) is 5.72. The summed E-state index contributed by atoms with van der Waals surface area (Å²) in [6.07, 6.45) is 1.17. The van der Waals surface area contributed by atoms with Crippen molar-refractivity contribution in [2.45, 2.75) is 32.1 Å². The van der Waals surface area contributed by atoms with Gasteiger partial charge in [-0.05, 0) is 13.3 Å². The molecule has 0 saturated carbocycles. The minimum Gasteiger partial charge on any atom is -0.384 e. The Morgan fingerprint density at radius 1 is 1.59 bits per heavy atom. The molecule has 2 atom stereocenters. The van der Waals surface area contributed by atoms with Crippen LogP contribution in [0.1, 0.15) is 19.2 Å². The fraction of sp³-hybridized carbons (Fsp3) is 0.636. The summed E-state index contributed by atoms with van der Waals surface area (Å²) in [5, 5.41) is 3.32. The molecule has 0 amide bonds. The highest BCUT2D eigenvalue weighted by Gasteiger charge is 2.24. The maximum absolute atomic E-state index is 5.72. The lowest BCUT2D eigenvalue weighted by molar-refractivity contribution is 0.121. The number of hydrogen-bond donors (Lipinski definition) is 2. The highest BCUT2D eigenvalue weighted by molar-refractivity contribution is 5.45. The molecule has 3 N–H and O–H groups in total.